The zero-order chi connectivity index (χ0) is 14.9. The van der Waals surface area contributed by atoms with Gasteiger partial charge in [0, 0.05) is 13.1 Å². The molecule has 21 heavy (non-hydrogen) atoms. The van der Waals surface area contributed by atoms with Crippen molar-refractivity contribution in [3.8, 4) is 0 Å². The van der Waals surface area contributed by atoms with Crippen LogP contribution in [-0.2, 0) is 10.2 Å². The maximum absolute atomic E-state index is 13.2. The summed E-state index contributed by atoms with van der Waals surface area (Å²) >= 11 is 0. The van der Waals surface area contributed by atoms with Gasteiger partial charge in [-0.25, -0.2) is 0 Å². The molecule has 0 aromatic heterocycles. The Labute approximate surface area is 127 Å². The molecule has 1 saturated carbocycles. The fourth-order valence-electron chi connectivity index (χ4n) is 4.06. The molecule has 1 heterocycles. The maximum Gasteiger partial charge on any atom is 0.233 e. The number of carbonyl (C=O) groups excluding carboxylic acids is 1. The molecule has 0 bridgehead atoms. The number of hydrogen-bond donors (Lipinski definition) is 1. The minimum atomic E-state index is -0.732. The molecule has 3 heteroatoms. The number of β-amino-alcohol motifs (C(OH)–C–C–N with tert-alkyl or cyclic N) is 1. The van der Waals surface area contributed by atoms with Gasteiger partial charge in [-0.05, 0) is 38.2 Å². The minimum Gasteiger partial charge on any atom is -0.388 e. The predicted octanol–water partition coefficient (Wildman–Crippen LogP) is 2.87. The molecule has 1 amide bonds. The number of carbonyl (C=O) groups is 1. The van der Waals surface area contributed by atoms with Crippen molar-refractivity contribution in [3.63, 3.8) is 0 Å². The third kappa shape index (κ3) is 2.71. The molecule has 2 fully saturated rings. The zero-order valence-corrected chi connectivity index (χ0v) is 12.8. The summed E-state index contributed by atoms with van der Waals surface area (Å²) < 4.78 is 0. The molecule has 3 nitrogen and oxygen atoms in total. The predicted molar refractivity (Wildman–Crippen MR) is 83.0 cm³/mol. The van der Waals surface area contributed by atoms with Crippen molar-refractivity contribution >= 4 is 5.91 Å². The molecule has 1 saturated heterocycles. The molecule has 0 spiro atoms. The number of amides is 1. The highest BCUT2D eigenvalue weighted by Crippen LogP contribution is 2.43. The lowest BCUT2D eigenvalue weighted by atomic mass is 9.77. The molecule has 1 aromatic rings. The van der Waals surface area contributed by atoms with Crippen LogP contribution >= 0.6 is 0 Å². The van der Waals surface area contributed by atoms with E-state index in [1.54, 1.807) is 0 Å². The summed E-state index contributed by atoms with van der Waals surface area (Å²) in [7, 11) is 0. The first-order valence-electron chi connectivity index (χ1n) is 8.11. The number of benzene rings is 1. The minimum absolute atomic E-state index is 0.228. The monoisotopic (exact) mass is 287 g/mol. The highest BCUT2D eigenvalue weighted by Gasteiger charge is 2.46. The van der Waals surface area contributed by atoms with Gasteiger partial charge >= 0.3 is 0 Å². The smallest absolute Gasteiger partial charge is 0.233 e. The van der Waals surface area contributed by atoms with E-state index in [1.807, 2.05) is 30.0 Å². The Morgan fingerprint density at radius 2 is 1.76 bits per heavy atom. The molecule has 1 aromatic carbocycles. The van der Waals surface area contributed by atoms with Gasteiger partial charge in [-0.2, -0.15) is 0 Å². The SMILES string of the molecule is CC1(O)CCCN(C(=O)C2(c3ccccc3)CCCC2)C1. The second kappa shape index (κ2) is 5.45. The average Bonchev–Trinajstić information content (AvgIpc) is 2.97. The van der Waals surface area contributed by atoms with Gasteiger partial charge < -0.3 is 10.0 Å². The molecule has 1 atom stereocenters. The molecule has 114 valence electrons. The van der Waals surface area contributed by atoms with E-state index in [2.05, 4.69) is 12.1 Å². The van der Waals surface area contributed by atoms with Crippen LogP contribution in [0.15, 0.2) is 30.3 Å². The van der Waals surface area contributed by atoms with E-state index in [1.165, 1.54) is 0 Å². The fraction of sp³-hybridized carbons (Fsp3) is 0.611. The Balaban J connectivity index is 1.89. The van der Waals surface area contributed by atoms with E-state index in [9.17, 15) is 9.90 Å². The number of hydrogen-bond acceptors (Lipinski definition) is 2. The summed E-state index contributed by atoms with van der Waals surface area (Å²) in [5.41, 5.74) is 0.0664. The Morgan fingerprint density at radius 3 is 2.38 bits per heavy atom. The molecule has 1 aliphatic heterocycles. The lowest BCUT2D eigenvalue weighted by Crippen LogP contribution is -2.54. The highest BCUT2D eigenvalue weighted by molar-refractivity contribution is 5.88. The fourth-order valence-corrected chi connectivity index (χ4v) is 4.06. The van der Waals surface area contributed by atoms with Crippen molar-refractivity contribution in [2.45, 2.75) is 56.5 Å². The molecular weight excluding hydrogens is 262 g/mol. The summed E-state index contributed by atoms with van der Waals surface area (Å²) in [6.45, 7) is 3.10. The first kappa shape index (κ1) is 14.6. The van der Waals surface area contributed by atoms with Crippen molar-refractivity contribution in [1.29, 1.82) is 0 Å². The summed E-state index contributed by atoms with van der Waals surface area (Å²) in [4.78, 5) is 15.1. The highest BCUT2D eigenvalue weighted by atomic mass is 16.3. The third-order valence-electron chi connectivity index (χ3n) is 5.15. The van der Waals surface area contributed by atoms with E-state index in [0.717, 1.165) is 50.6 Å². The number of aliphatic hydroxyl groups is 1. The van der Waals surface area contributed by atoms with Gasteiger partial charge in [-0.1, -0.05) is 43.2 Å². The zero-order valence-electron chi connectivity index (χ0n) is 12.8. The van der Waals surface area contributed by atoms with E-state index >= 15 is 0 Å². The second-order valence-corrected chi connectivity index (χ2v) is 6.98. The third-order valence-corrected chi connectivity index (χ3v) is 5.15. The Hall–Kier alpha value is -1.35. The Morgan fingerprint density at radius 1 is 1.10 bits per heavy atom. The summed E-state index contributed by atoms with van der Waals surface area (Å²) in [6.07, 6.45) is 5.79. The number of nitrogens with zero attached hydrogens (tertiary/aromatic N) is 1. The van der Waals surface area contributed by atoms with Gasteiger partial charge in [-0.15, -0.1) is 0 Å². The molecule has 2 aliphatic rings. The normalized spacial score (nSPS) is 28.6. The van der Waals surface area contributed by atoms with Gasteiger partial charge in [0.15, 0.2) is 0 Å². The van der Waals surface area contributed by atoms with Crippen LogP contribution in [0.4, 0.5) is 0 Å². The van der Waals surface area contributed by atoms with Crippen LogP contribution < -0.4 is 0 Å². The van der Waals surface area contributed by atoms with E-state index < -0.39 is 5.60 Å². The topological polar surface area (TPSA) is 40.5 Å². The van der Waals surface area contributed by atoms with Crippen LogP contribution in [0.3, 0.4) is 0 Å². The van der Waals surface area contributed by atoms with Crippen LogP contribution in [0.1, 0.15) is 51.0 Å². The summed E-state index contributed by atoms with van der Waals surface area (Å²) in [5.74, 6) is 0.228. The van der Waals surface area contributed by atoms with Crippen molar-refractivity contribution in [2.75, 3.05) is 13.1 Å². The lowest BCUT2D eigenvalue weighted by molar-refractivity contribution is -0.143. The average molecular weight is 287 g/mol. The first-order chi connectivity index (χ1) is 10.0. The molecule has 0 radical (unpaired) electrons. The quantitative estimate of drug-likeness (QED) is 0.908. The lowest BCUT2D eigenvalue weighted by Gasteiger charge is -2.41. The van der Waals surface area contributed by atoms with E-state index in [0.29, 0.717) is 6.54 Å². The molecule has 1 unspecified atom stereocenters. The van der Waals surface area contributed by atoms with Crippen molar-refractivity contribution in [2.24, 2.45) is 0 Å². The molecule has 1 N–H and O–H groups in total. The van der Waals surface area contributed by atoms with Crippen molar-refractivity contribution in [1.82, 2.24) is 4.90 Å². The summed E-state index contributed by atoms with van der Waals surface area (Å²) in [6, 6.07) is 10.2. The standard InChI is InChI=1S/C18H25NO2/c1-17(21)10-7-13-19(14-17)16(20)18(11-5-6-12-18)15-8-3-2-4-9-15/h2-4,8-9,21H,5-7,10-14H2,1H3. The molecule has 1 aliphatic carbocycles. The van der Waals surface area contributed by atoms with Crippen LogP contribution in [0.2, 0.25) is 0 Å². The van der Waals surface area contributed by atoms with Gasteiger partial charge in [0.25, 0.3) is 0 Å². The maximum atomic E-state index is 13.2. The first-order valence-corrected chi connectivity index (χ1v) is 8.11. The van der Waals surface area contributed by atoms with Crippen LogP contribution in [0.25, 0.3) is 0 Å². The van der Waals surface area contributed by atoms with Gasteiger partial charge in [0.1, 0.15) is 0 Å². The molecular formula is C18H25NO2. The van der Waals surface area contributed by atoms with Crippen LogP contribution in [0.5, 0.6) is 0 Å². The van der Waals surface area contributed by atoms with Crippen molar-refractivity contribution < 1.29 is 9.90 Å². The number of piperidine rings is 1. The second-order valence-electron chi connectivity index (χ2n) is 6.98. The number of rotatable bonds is 2. The summed E-state index contributed by atoms with van der Waals surface area (Å²) in [5, 5.41) is 10.3. The number of likely N-dealkylation sites (tertiary alicyclic amines) is 1. The molecule has 3 rings (SSSR count). The van der Waals surface area contributed by atoms with Crippen molar-refractivity contribution in [3.05, 3.63) is 35.9 Å². The Kier molecular flexibility index (Phi) is 3.78. The van der Waals surface area contributed by atoms with Gasteiger partial charge in [-0.3, -0.25) is 4.79 Å². The van der Waals surface area contributed by atoms with Crippen LogP contribution in [0, 0.1) is 0 Å². The van der Waals surface area contributed by atoms with Gasteiger partial charge in [0.2, 0.25) is 5.91 Å². The van der Waals surface area contributed by atoms with E-state index in [4.69, 9.17) is 0 Å². The van der Waals surface area contributed by atoms with E-state index in [-0.39, 0.29) is 11.3 Å². The van der Waals surface area contributed by atoms with Gasteiger partial charge in [0.05, 0.1) is 11.0 Å². The van der Waals surface area contributed by atoms with Crippen LogP contribution in [-0.4, -0.2) is 34.6 Å². The Bertz CT molecular complexity index is 503. The largest absolute Gasteiger partial charge is 0.388 e.